The predicted molar refractivity (Wildman–Crippen MR) is 111 cm³/mol. The molecule has 1 atom stereocenters. The van der Waals surface area contributed by atoms with Crippen LogP contribution in [0.5, 0.6) is 0 Å². The second-order valence-electron chi connectivity index (χ2n) is 8.29. The molecular weight excluding hydrogens is 350 g/mol. The van der Waals surface area contributed by atoms with Crippen LogP contribution in [0.2, 0.25) is 0 Å². The molecule has 0 radical (unpaired) electrons. The zero-order chi connectivity index (χ0) is 18.9. The quantitative estimate of drug-likeness (QED) is 0.727. The summed E-state index contributed by atoms with van der Waals surface area (Å²) in [5, 5.41) is 16.4. The van der Waals surface area contributed by atoms with E-state index in [9.17, 15) is 0 Å². The fraction of sp³-hybridized carbons (Fsp3) is 0.571. The van der Waals surface area contributed by atoms with Gasteiger partial charge in [-0.3, -0.25) is 4.68 Å². The lowest BCUT2D eigenvalue weighted by Crippen LogP contribution is -2.29. The monoisotopic (exact) mass is 379 g/mol. The molecule has 148 valence electrons. The van der Waals surface area contributed by atoms with Gasteiger partial charge in [0, 0.05) is 48.9 Å². The molecule has 0 aromatic carbocycles. The standard InChI is InChI=1S/C21H29N7/c1-27-14-16(12-23-27)18-13-24-28-20(25-17-7-3-2-4-8-17)10-19(26-21(18)28)15-6-5-9-22-11-15/h10,12-15,17,22,25H,2-9,11H2,1H3. The van der Waals surface area contributed by atoms with Crippen molar-refractivity contribution in [2.24, 2.45) is 7.05 Å². The van der Waals surface area contributed by atoms with E-state index in [1.165, 1.54) is 50.6 Å². The van der Waals surface area contributed by atoms with Crippen molar-refractivity contribution in [3.05, 3.63) is 30.4 Å². The van der Waals surface area contributed by atoms with Crippen LogP contribution in [0.4, 0.5) is 5.82 Å². The Balaban J connectivity index is 1.58. The lowest BCUT2D eigenvalue weighted by molar-refractivity contribution is 0.453. The van der Waals surface area contributed by atoms with Crippen molar-refractivity contribution < 1.29 is 0 Å². The summed E-state index contributed by atoms with van der Waals surface area (Å²) in [4.78, 5) is 5.08. The summed E-state index contributed by atoms with van der Waals surface area (Å²) in [6.07, 6.45) is 14.7. The van der Waals surface area contributed by atoms with Crippen molar-refractivity contribution in [1.29, 1.82) is 0 Å². The number of aromatic nitrogens is 5. The van der Waals surface area contributed by atoms with Gasteiger partial charge in [0.25, 0.3) is 0 Å². The third-order valence-electron chi connectivity index (χ3n) is 6.18. The molecule has 28 heavy (non-hydrogen) atoms. The zero-order valence-corrected chi connectivity index (χ0v) is 16.6. The summed E-state index contributed by atoms with van der Waals surface area (Å²) in [7, 11) is 1.94. The van der Waals surface area contributed by atoms with Crippen LogP contribution in [-0.2, 0) is 7.05 Å². The van der Waals surface area contributed by atoms with E-state index in [2.05, 4.69) is 21.8 Å². The molecule has 7 heteroatoms. The van der Waals surface area contributed by atoms with Gasteiger partial charge in [-0.15, -0.1) is 0 Å². The molecular formula is C21H29N7. The van der Waals surface area contributed by atoms with Crippen molar-refractivity contribution in [3.63, 3.8) is 0 Å². The third-order valence-corrected chi connectivity index (χ3v) is 6.18. The molecule has 5 rings (SSSR count). The Hall–Kier alpha value is -2.41. The van der Waals surface area contributed by atoms with Gasteiger partial charge in [-0.25, -0.2) is 4.98 Å². The normalized spacial score (nSPS) is 21.2. The third kappa shape index (κ3) is 3.39. The maximum atomic E-state index is 5.08. The van der Waals surface area contributed by atoms with Gasteiger partial charge in [0.15, 0.2) is 5.65 Å². The Kier molecular flexibility index (Phi) is 4.76. The average Bonchev–Trinajstić information content (AvgIpc) is 3.35. The maximum absolute atomic E-state index is 5.08. The molecule has 3 aromatic rings. The number of aryl methyl sites for hydroxylation is 1. The number of anilines is 1. The van der Waals surface area contributed by atoms with E-state index in [0.717, 1.165) is 35.7 Å². The van der Waals surface area contributed by atoms with Crippen molar-refractivity contribution in [2.45, 2.75) is 56.9 Å². The molecule has 2 aliphatic rings. The van der Waals surface area contributed by atoms with Crippen LogP contribution in [-0.4, -0.2) is 43.5 Å². The highest BCUT2D eigenvalue weighted by atomic mass is 15.3. The molecule has 7 nitrogen and oxygen atoms in total. The lowest BCUT2D eigenvalue weighted by Gasteiger charge is -2.26. The minimum atomic E-state index is 0.460. The van der Waals surface area contributed by atoms with Crippen molar-refractivity contribution in [1.82, 2.24) is 29.7 Å². The highest BCUT2D eigenvalue weighted by molar-refractivity contribution is 5.77. The van der Waals surface area contributed by atoms with Crippen LogP contribution in [0, 0.1) is 0 Å². The van der Waals surface area contributed by atoms with E-state index in [4.69, 9.17) is 10.1 Å². The van der Waals surface area contributed by atoms with Crippen molar-refractivity contribution in [3.8, 4) is 11.1 Å². The number of nitrogens with zero attached hydrogens (tertiary/aromatic N) is 5. The average molecular weight is 380 g/mol. The molecule has 1 aliphatic heterocycles. The molecule has 1 aliphatic carbocycles. The van der Waals surface area contributed by atoms with Crippen LogP contribution in [0.15, 0.2) is 24.7 Å². The van der Waals surface area contributed by atoms with E-state index >= 15 is 0 Å². The fourth-order valence-corrected chi connectivity index (χ4v) is 4.62. The van der Waals surface area contributed by atoms with E-state index in [-0.39, 0.29) is 0 Å². The van der Waals surface area contributed by atoms with Crippen LogP contribution in [0.3, 0.4) is 0 Å². The first kappa shape index (κ1) is 17.7. The fourth-order valence-electron chi connectivity index (χ4n) is 4.62. The summed E-state index contributed by atoms with van der Waals surface area (Å²) in [5.41, 5.74) is 4.20. The first-order valence-electron chi connectivity index (χ1n) is 10.6. The highest BCUT2D eigenvalue weighted by Crippen LogP contribution is 2.31. The Morgan fingerprint density at radius 3 is 2.71 bits per heavy atom. The SMILES string of the molecule is Cn1cc(-c2cnn3c(NC4CCCCC4)cc(C4CCCNC4)nc23)cn1. The van der Waals surface area contributed by atoms with Gasteiger partial charge >= 0.3 is 0 Å². The second-order valence-corrected chi connectivity index (χ2v) is 8.29. The Morgan fingerprint density at radius 2 is 1.96 bits per heavy atom. The van der Waals surface area contributed by atoms with E-state index < -0.39 is 0 Å². The summed E-state index contributed by atoms with van der Waals surface area (Å²) < 4.78 is 3.81. The van der Waals surface area contributed by atoms with Crippen molar-refractivity contribution >= 4 is 11.5 Å². The first-order chi connectivity index (χ1) is 13.8. The maximum Gasteiger partial charge on any atom is 0.165 e. The van der Waals surface area contributed by atoms with Gasteiger partial charge in [-0.2, -0.15) is 14.7 Å². The molecule has 0 spiro atoms. The van der Waals surface area contributed by atoms with Gasteiger partial charge < -0.3 is 10.6 Å². The van der Waals surface area contributed by atoms with Crippen LogP contribution < -0.4 is 10.6 Å². The Bertz CT molecular complexity index is 945. The molecule has 1 unspecified atom stereocenters. The van der Waals surface area contributed by atoms with Gasteiger partial charge in [-0.05, 0) is 32.2 Å². The largest absolute Gasteiger partial charge is 0.367 e. The molecule has 2 fully saturated rings. The lowest BCUT2D eigenvalue weighted by atomic mass is 9.94. The minimum absolute atomic E-state index is 0.460. The number of piperidine rings is 1. The number of fused-ring (bicyclic) bond motifs is 1. The predicted octanol–water partition coefficient (Wildman–Crippen LogP) is 3.34. The second kappa shape index (κ2) is 7.54. The topological polar surface area (TPSA) is 72.1 Å². The molecule has 0 amide bonds. The molecule has 1 saturated carbocycles. The van der Waals surface area contributed by atoms with Crippen LogP contribution >= 0.6 is 0 Å². The highest BCUT2D eigenvalue weighted by Gasteiger charge is 2.22. The summed E-state index contributed by atoms with van der Waals surface area (Å²) in [6.45, 7) is 2.11. The summed E-state index contributed by atoms with van der Waals surface area (Å²) in [6, 6.07) is 2.77. The minimum Gasteiger partial charge on any atom is -0.367 e. The van der Waals surface area contributed by atoms with E-state index in [1.54, 1.807) is 0 Å². The first-order valence-corrected chi connectivity index (χ1v) is 10.6. The molecule has 4 heterocycles. The summed E-state index contributed by atoms with van der Waals surface area (Å²) >= 11 is 0. The number of rotatable bonds is 4. The van der Waals surface area contributed by atoms with Gasteiger partial charge in [0.05, 0.1) is 18.1 Å². The van der Waals surface area contributed by atoms with Crippen LogP contribution in [0.25, 0.3) is 16.8 Å². The number of nitrogens with one attached hydrogen (secondary N) is 2. The molecule has 0 bridgehead atoms. The van der Waals surface area contributed by atoms with Gasteiger partial charge in [-0.1, -0.05) is 19.3 Å². The molecule has 3 aromatic heterocycles. The summed E-state index contributed by atoms with van der Waals surface area (Å²) in [5.74, 6) is 1.54. The van der Waals surface area contributed by atoms with Gasteiger partial charge in [0.1, 0.15) is 5.82 Å². The Morgan fingerprint density at radius 1 is 1.07 bits per heavy atom. The smallest absolute Gasteiger partial charge is 0.165 e. The Labute approximate surface area is 165 Å². The van der Waals surface area contributed by atoms with Gasteiger partial charge in [0.2, 0.25) is 0 Å². The van der Waals surface area contributed by atoms with E-state index in [0.29, 0.717) is 12.0 Å². The zero-order valence-electron chi connectivity index (χ0n) is 16.6. The molecule has 2 N–H and O–H groups in total. The molecule has 1 saturated heterocycles. The van der Waals surface area contributed by atoms with Crippen LogP contribution in [0.1, 0.15) is 56.6 Å². The van der Waals surface area contributed by atoms with E-state index in [1.807, 2.05) is 34.8 Å². The number of hydrogen-bond acceptors (Lipinski definition) is 5. The number of hydrogen-bond donors (Lipinski definition) is 2. The van der Waals surface area contributed by atoms with Crippen molar-refractivity contribution in [2.75, 3.05) is 18.4 Å².